The highest BCUT2D eigenvalue weighted by Crippen LogP contribution is 2.26. The number of anilines is 2. The molecule has 0 saturated carbocycles. The zero-order chi connectivity index (χ0) is 20.2. The highest BCUT2D eigenvalue weighted by molar-refractivity contribution is 7.92. The first-order chi connectivity index (χ1) is 12.7. The van der Waals surface area contributed by atoms with Crippen molar-refractivity contribution in [1.82, 2.24) is 0 Å². The second-order valence-electron chi connectivity index (χ2n) is 6.77. The molecular weight excluding hydrogens is 360 g/mol. The van der Waals surface area contributed by atoms with Crippen LogP contribution in [0.25, 0.3) is 0 Å². The third kappa shape index (κ3) is 4.89. The molecule has 2 aromatic carbocycles. The molecule has 1 atom stereocenters. The monoisotopic (exact) mass is 388 g/mol. The highest BCUT2D eigenvalue weighted by atomic mass is 32.2. The van der Waals surface area contributed by atoms with Crippen molar-refractivity contribution >= 4 is 27.3 Å². The van der Waals surface area contributed by atoms with Crippen LogP contribution in [0.5, 0.6) is 0 Å². The molecule has 0 heterocycles. The maximum Gasteiger partial charge on any atom is 0.248 e. The summed E-state index contributed by atoms with van der Waals surface area (Å²) in [6.45, 7) is 7.67. The maximum absolute atomic E-state index is 13.1. The molecule has 0 aliphatic carbocycles. The van der Waals surface area contributed by atoms with Crippen LogP contribution in [-0.4, -0.2) is 26.6 Å². The summed E-state index contributed by atoms with van der Waals surface area (Å²) in [6.07, 6.45) is 2.28. The Hall–Kier alpha value is -2.34. The standard InChI is InChI=1S/C21H28N2O3S/c1-6-17-12-9-11-16(4)20(17)22-21(24)19(7-2)23(27(5,25)26)18-13-8-10-15(3)14-18/h8-14,19H,6-7H2,1-5H3,(H,22,24)/t19-/m0/s1. The molecular formula is C21H28N2O3S. The molecule has 0 aromatic heterocycles. The van der Waals surface area contributed by atoms with Gasteiger partial charge in [-0.15, -0.1) is 0 Å². The van der Waals surface area contributed by atoms with E-state index in [1.807, 2.05) is 52.0 Å². The van der Waals surface area contributed by atoms with E-state index in [4.69, 9.17) is 0 Å². The average Bonchev–Trinajstić information content (AvgIpc) is 2.59. The van der Waals surface area contributed by atoms with Crippen LogP contribution in [0.3, 0.4) is 0 Å². The fourth-order valence-corrected chi connectivity index (χ4v) is 4.44. The topological polar surface area (TPSA) is 66.5 Å². The minimum atomic E-state index is -3.64. The molecule has 0 unspecified atom stereocenters. The van der Waals surface area contributed by atoms with Crippen LogP contribution < -0.4 is 9.62 Å². The fourth-order valence-electron chi connectivity index (χ4n) is 3.23. The number of aryl methyl sites for hydroxylation is 3. The minimum Gasteiger partial charge on any atom is -0.324 e. The molecule has 0 fully saturated rings. The van der Waals surface area contributed by atoms with Crippen LogP contribution in [0.1, 0.15) is 37.0 Å². The van der Waals surface area contributed by atoms with Crippen molar-refractivity contribution in [3.63, 3.8) is 0 Å². The number of carbonyl (C=O) groups is 1. The summed E-state index contributed by atoms with van der Waals surface area (Å²) in [6, 6.07) is 12.2. The van der Waals surface area contributed by atoms with Gasteiger partial charge in [0.25, 0.3) is 0 Å². The van der Waals surface area contributed by atoms with E-state index >= 15 is 0 Å². The van der Waals surface area contributed by atoms with E-state index < -0.39 is 16.1 Å². The van der Waals surface area contributed by atoms with Crippen LogP contribution in [0.15, 0.2) is 42.5 Å². The number of rotatable bonds is 7. The normalized spacial score (nSPS) is 12.5. The molecule has 0 aliphatic rings. The van der Waals surface area contributed by atoms with E-state index in [1.165, 1.54) is 4.31 Å². The molecule has 0 spiro atoms. The lowest BCUT2D eigenvalue weighted by atomic mass is 10.0. The number of hydrogen-bond acceptors (Lipinski definition) is 3. The Kier molecular flexibility index (Phi) is 6.65. The van der Waals surface area contributed by atoms with Crippen molar-refractivity contribution in [2.45, 2.75) is 46.6 Å². The molecule has 0 saturated heterocycles. The van der Waals surface area contributed by atoms with Gasteiger partial charge in [-0.2, -0.15) is 0 Å². The Bertz CT molecular complexity index is 923. The van der Waals surface area contributed by atoms with Crippen molar-refractivity contribution in [2.24, 2.45) is 0 Å². The number of sulfonamides is 1. The van der Waals surface area contributed by atoms with Crippen LogP contribution in [0.4, 0.5) is 11.4 Å². The largest absolute Gasteiger partial charge is 0.324 e. The first-order valence-corrected chi connectivity index (χ1v) is 11.0. The number of carbonyl (C=O) groups excluding carboxylic acids is 1. The number of nitrogens with one attached hydrogen (secondary N) is 1. The van der Waals surface area contributed by atoms with E-state index in [0.717, 1.165) is 35.1 Å². The Balaban J connectivity index is 2.44. The molecule has 0 aliphatic heterocycles. The summed E-state index contributed by atoms with van der Waals surface area (Å²) in [4.78, 5) is 13.1. The maximum atomic E-state index is 13.1. The van der Waals surface area contributed by atoms with Gasteiger partial charge in [0.1, 0.15) is 6.04 Å². The lowest BCUT2D eigenvalue weighted by Crippen LogP contribution is -2.47. The smallest absolute Gasteiger partial charge is 0.248 e. The summed E-state index contributed by atoms with van der Waals surface area (Å²) in [7, 11) is -3.64. The third-order valence-electron chi connectivity index (χ3n) is 4.57. The second-order valence-corrected chi connectivity index (χ2v) is 8.63. The number of benzene rings is 2. The van der Waals surface area contributed by atoms with Crippen LogP contribution >= 0.6 is 0 Å². The van der Waals surface area contributed by atoms with Gasteiger partial charge >= 0.3 is 0 Å². The first kappa shape index (κ1) is 21.0. The van der Waals surface area contributed by atoms with E-state index in [-0.39, 0.29) is 5.91 Å². The van der Waals surface area contributed by atoms with Crippen molar-refractivity contribution in [3.8, 4) is 0 Å². The van der Waals surface area contributed by atoms with Gasteiger partial charge in [0.2, 0.25) is 15.9 Å². The summed E-state index contributed by atoms with van der Waals surface area (Å²) < 4.78 is 26.3. The zero-order valence-corrected chi connectivity index (χ0v) is 17.4. The fraction of sp³-hybridized carbons (Fsp3) is 0.381. The zero-order valence-electron chi connectivity index (χ0n) is 16.6. The number of nitrogens with zero attached hydrogens (tertiary/aromatic N) is 1. The highest BCUT2D eigenvalue weighted by Gasteiger charge is 2.32. The van der Waals surface area contributed by atoms with Gasteiger partial charge in [0.15, 0.2) is 0 Å². The Morgan fingerprint density at radius 1 is 1.11 bits per heavy atom. The van der Waals surface area contributed by atoms with Crippen LogP contribution in [0.2, 0.25) is 0 Å². The van der Waals surface area contributed by atoms with Crippen molar-refractivity contribution in [3.05, 3.63) is 59.2 Å². The molecule has 2 aromatic rings. The van der Waals surface area contributed by atoms with E-state index in [9.17, 15) is 13.2 Å². The molecule has 27 heavy (non-hydrogen) atoms. The van der Waals surface area contributed by atoms with Gasteiger partial charge in [-0.3, -0.25) is 9.10 Å². The molecule has 5 nitrogen and oxygen atoms in total. The predicted octanol–water partition coefficient (Wildman–Crippen LogP) is 4.05. The van der Waals surface area contributed by atoms with Gasteiger partial charge in [-0.05, 0) is 55.5 Å². The molecule has 1 N–H and O–H groups in total. The van der Waals surface area contributed by atoms with Gasteiger partial charge in [-0.1, -0.05) is 44.2 Å². The lowest BCUT2D eigenvalue weighted by Gasteiger charge is -2.30. The van der Waals surface area contributed by atoms with E-state index in [1.54, 1.807) is 18.2 Å². The van der Waals surface area contributed by atoms with Gasteiger partial charge in [0.05, 0.1) is 11.9 Å². The summed E-state index contributed by atoms with van der Waals surface area (Å²) in [5.41, 5.74) is 4.18. The molecule has 0 bridgehead atoms. The van der Waals surface area contributed by atoms with Gasteiger partial charge < -0.3 is 5.32 Å². The quantitative estimate of drug-likeness (QED) is 0.778. The summed E-state index contributed by atoms with van der Waals surface area (Å²) in [5, 5.41) is 2.97. The molecule has 2 rings (SSSR count). The molecule has 6 heteroatoms. The SMILES string of the molecule is CCc1cccc(C)c1NC(=O)[C@H](CC)N(c1cccc(C)c1)S(C)(=O)=O. The Morgan fingerprint density at radius 3 is 2.33 bits per heavy atom. The number of hydrogen-bond donors (Lipinski definition) is 1. The molecule has 1 amide bonds. The second kappa shape index (κ2) is 8.57. The Labute approximate surface area is 162 Å². The number of para-hydroxylation sites is 1. The van der Waals surface area contributed by atoms with Crippen LogP contribution in [0, 0.1) is 13.8 Å². The van der Waals surface area contributed by atoms with Crippen molar-refractivity contribution in [1.29, 1.82) is 0 Å². The summed E-state index contributed by atoms with van der Waals surface area (Å²) in [5.74, 6) is -0.326. The average molecular weight is 389 g/mol. The molecule has 146 valence electrons. The molecule has 0 radical (unpaired) electrons. The van der Waals surface area contributed by atoms with Crippen molar-refractivity contribution in [2.75, 3.05) is 15.9 Å². The Morgan fingerprint density at radius 2 is 1.78 bits per heavy atom. The summed E-state index contributed by atoms with van der Waals surface area (Å²) >= 11 is 0. The van der Waals surface area contributed by atoms with E-state index in [0.29, 0.717) is 12.1 Å². The third-order valence-corrected chi connectivity index (χ3v) is 5.75. The van der Waals surface area contributed by atoms with Crippen LogP contribution in [-0.2, 0) is 21.2 Å². The van der Waals surface area contributed by atoms with Gasteiger partial charge in [-0.25, -0.2) is 8.42 Å². The minimum absolute atomic E-state index is 0.326. The lowest BCUT2D eigenvalue weighted by molar-refractivity contribution is -0.117. The van der Waals surface area contributed by atoms with Gasteiger partial charge in [0, 0.05) is 5.69 Å². The number of amides is 1. The predicted molar refractivity (Wildman–Crippen MR) is 112 cm³/mol. The van der Waals surface area contributed by atoms with Crippen molar-refractivity contribution < 1.29 is 13.2 Å². The first-order valence-electron chi connectivity index (χ1n) is 9.14. The van der Waals surface area contributed by atoms with E-state index in [2.05, 4.69) is 5.32 Å².